The first-order chi connectivity index (χ1) is 14.7. The van der Waals surface area contributed by atoms with Crippen LogP contribution in [0.5, 0.6) is 0 Å². The highest BCUT2D eigenvalue weighted by Gasteiger charge is 2.14. The maximum Gasteiger partial charge on any atom is 0.223 e. The summed E-state index contributed by atoms with van der Waals surface area (Å²) in [6, 6.07) is 4.01. The summed E-state index contributed by atoms with van der Waals surface area (Å²) < 4.78 is 0. The van der Waals surface area contributed by atoms with Gasteiger partial charge in [0.2, 0.25) is 11.8 Å². The number of nitrogens with zero attached hydrogens (tertiary/aromatic N) is 3. The summed E-state index contributed by atoms with van der Waals surface area (Å²) in [5.74, 6) is -0.270. The smallest absolute Gasteiger partial charge is 0.223 e. The predicted molar refractivity (Wildman–Crippen MR) is 120 cm³/mol. The molecule has 0 aliphatic rings. The van der Waals surface area contributed by atoms with Gasteiger partial charge in [-0.25, -0.2) is 0 Å². The molecule has 0 aromatic carbocycles. The van der Waals surface area contributed by atoms with E-state index in [1.165, 1.54) is 69.1 Å². The second-order valence-corrected chi connectivity index (χ2v) is 7.94. The van der Waals surface area contributed by atoms with Gasteiger partial charge in [-0.2, -0.15) is 10.5 Å². The molecule has 0 fully saturated rings. The van der Waals surface area contributed by atoms with E-state index in [4.69, 9.17) is 10.5 Å². The molecule has 0 atom stereocenters. The second kappa shape index (κ2) is 21.6. The Hall–Kier alpha value is -2.08. The van der Waals surface area contributed by atoms with Gasteiger partial charge < -0.3 is 10.2 Å². The highest BCUT2D eigenvalue weighted by Crippen LogP contribution is 2.11. The highest BCUT2D eigenvalue weighted by molar-refractivity contribution is 5.83. The summed E-state index contributed by atoms with van der Waals surface area (Å²) in [6.45, 7) is 3.55. The number of nitrogens with one attached hydrogen (secondary N) is 1. The Morgan fingerprint density at radius 1 is 0.733 bits per heavy atom. The Balaban J connectivity index is 3.61. The Bertz CT molecular complexity index is 504. The third kappa shape index (κ3) is 18.0. The van der Waals surface area contributed by atoms with Crippen molar-refractivity contribution in [2.45, 2.75) is 110 Å². The monoisotopic (exact) mass is 418 g/mol. The van der Waals surface area contributed by atoms with Crippen molar-refractivity contribution in [3.05, 3.63) is 0 Å². The molecular weight excluding hydrogens is 376 g/mol. The van der Waals surface area contributed by atoms with E-state index in [9.17, 15) is 9.59 Å². The second-order valence-electron chi connectivity index (χ2n) is 7.94. The van der Waals surface area contributed by atoms with E-state index in [-0.39, 0.29) is 37.5 Å². The van der Waals surface area contributed by atoms with Gasteiger partial charge in [-0.1, -0.05) is 77.6 Å². The third-order valence-corrected chi connectivity index (χ3v) is 5.26. The molecule has 30 heavy (non-hydrogen) atoms. The van der Waals surface area contributed by atoms with Gasteiger partial charge in [-0.05, 0) is 6.42 Å². The standard InChI is InChI=1S/C24H42N4O2/c1-2-3-4-5-6-7-8-9-10-11-12-13-20-27-23(29)16-17-24(30)28(21-14-18-25)22-15-19-26/h2-17,20-22H2,1H3,(H,27,29). The Morgan fingerprint density at radius 2 is 1.20 bits per heavy atom. The van der Waals surface area contributed by atoms with Crippen LogP contribution in [0.1, 0.15) is 110 Å². The lowest BCUT2D eigenvalue weighted by atomic mass is 10.1. The molecule has 0 radical (unpaired) electrons. The molecule has 0 saturated carbocycles. The zero-order chi connectivity index (χ0) is 22.3. The number of carbonyl (C=O) groups is 2. The van der Waals surface area contributed by atoms with Crippen LogP contribution < -0.4 is 5.32 Å². The normalized spacial score (nSPS) is 10.2. The summed E-state index contributed by atoms with van der Waals surface area (Å²) in [5, 5.41) is 20.2. The molecule has 1 N–H and O–H groups in total. The van der Waals surface area contributed by atoms with Crippen molar-refractivity contribution in [2.24, 2.45) is 0 Å². The van der Waals surface area contributed by atoms with Crippen LogP contribution in [0.15, 0.2) is 0 Å². The Kier molecular flexibility index (Phi) is 20.1. The highest BCUT2D eigenvalue weighted by atomic mass is 16.2. The molecule has 6 heteroatoms. The molecule has 170 valence electrons. The van der Waals surface area contributed by atoms with E-state index in [0.29, 0.717) is 19.6 Å². The number of nitriles is 2. The molecule has 0 unspecified atom stereocenters. The minimum atomic E-state index is -0.166. The summed E-state index contributed by atoms with van der Waals surface area (Å²) >= 11 is 0. The van der Waals surface area contributed by atoms with Gasteiger partial charge >= 0.3 is 0 Å². The van der Waals surface area contributed by atoms with E-state index in [1.807, 2.05) is 12.1 Å². The van der Waals surface area contributed by atoms with Crippen LogP contribution in [-0.4, -0.2) is 36.3 Å². The summed E-state index contributed by atoms with van der Waals surface area (Å²) in [7, 11) is 0. The maximum atomic E-state index is 12.2. The predicted octanol–water partition coefficient (Wildman–Crippen LogP) is 5.24. The molecule has 0 aliphatic heterocycles. The molecule has 0 spiro atoms. The van der Waals surface area contributed by atoms with Crippen LogP contribution in [0, 0.1) is 22.7 Å². The van der Waals surface area contributed by atoms with E-state index < -0.39 is 0 Å². The third-order valence-electron chi connectivity index (χ3n) is 5.26. The fourth-order valence-corrected chi connectivity index (χ4v) is 3.39. The average Bonchev–Trinajstić information content (AvgIpc) is 2.75. The molecule has 0 aromatic rings. The molecule has 2 amide bonds. The van der Waals surface area contributed by atoms with Crippen molar-refractivity contribution >= 4 is 11.8 Å². The molecular formula is C24H42N4O2. The summed E-state index contributed by atoms with van der Waals surface area (Å²) in [4.78, 5) is 25.6. The van der Waals surface area contributed by atoms with Crippen LogP contribution in [0.2, 0.25) is 0 Å². The fraction of sp³-hybridized carbons (Fsp3) is 0.833. The zero-order valence-electron chi connectivity index (χ0n) is 19.1. The minimum Gasteiger partial charge on any atom is -0.356 e. The van der Waals surface area contributed by atoms with Crippen LogP contribution in [0.25, 0.3) is 0 Å². The number of hydrogen-bond acceptors (Lipinski definition) is 4. The van der Waals surface area contributed by atoms with E-state index >= 15 is 0 Å². The van der Waals surface area contributed by atoms with Gasteiger partial charge in [0.05, 0.1) is 25.0 Å². The Labute approximate surface area is 184 Å². The van der Waals surface area contributed by atoms with Gasteiger partial charge in [0, 0.05) is 32.5 Å². The number of rotatable bonds is 20. The van der Waals surface area contributed by atoms with Crippen molar-refractivity contribution < 1.29 is 9.59 Å². The molecule has 6 nitrogen and oxygen atoms in total. The van der Waals surface area contributed by atoms with Crippen molar-refractivity contribution in [3.63, 3.8) is 0 Å². The van der Waals surface area contributed by atoms with Crippen LogP contribution in [0.3, 0.4) is 0 Å². The van der Waals surface area contributed by atoms with Gasteiger partial charge in [0.25, 0.3) is 0 Å². The molecule has 0 bridgehead atoms. The minimum absolute atomic E-state index is 0.105. The van der Waals surface area contributed by atoms with Crippen LogP contribution in [0.4, 0.5) is 0 Å². The maximum absolute atomic E-state index is 12.2. The molecule has 0 heterocycles. The van der Waals surface area contributed by atoms with E-state index in [0.717, 1.165) is 12.8 Å². The quantitative estimate of drug-likeness (QED) is 0.273. The van der Waals surface area contributed by atoms with Gasteiger partial charge in [-0.3, -0.25) is 9.59 Å². The van der Waals surface area contributed by atoms with Crippen molar-refractivity contribution in [3.8, 4) is 12.1 Å². The number of amides is 2. The van der Waals surface area contributed by atoms with Crippen molar-refractivity contribution in [2.75, 3.05) is 19.6 Å². The lowest BCUT2D eigenvalue weighted by Gasteiger charge is -2.20. The van der Waals surface area contributed by atoms with Crippen molar-refractivity contribution in [1.82, 2.24) is 10.2 Å². The lowest BCUT2D eigenvalue weighted by Crippen LogP contribution is -2.34. The van der Waals surface area contributed by atoms with Crippen LogP contribution >= 0.6 is 0 Å². The molecule has 0 aliphatic carbocycles. The largest absolute Gasteiger partial charge is 0.356 e. The average molecular weight is 419 g/mol. The van der Waals surface area contributed by atoms with Crippen LogP contribution in [-0.2, 0) is 9.59 Å². The van der Waals surface area contributed by atoms with Crippen molar-refractivity contribution in [1.29, 1.82) is 10.5 Å². The first-order valence-electron chi connectivity index (χ1n) is 11.9. The van der Waals surface area contributed by atoms with Gasteiger partial charge in [-0.15, -0.1) is 0 Å². The summed E-state index contributed by atoms with van der Waals surface area (Å²) in [6.07, 6.45) is 16.2. The number of carbonyl (C=O) groups excluding carboxylic acids is 2. The van der Waals surface area contributed by atoms with E-state index in [1.54, 1.807) is 0 Å². The molecule has 0 saturated heterocycles. The molecule has 0 rings (SSSR count). The molecule has 0 aromatic heterocycles. The van der Waals surface area contributed by atoms with Gasteiger partial charge in [0.15, 0.2) is 0 Å². The first-order valence-corrected chi connectivity index (χ1v) is 11.9. The number of unbranched alkanes of at least 4 members (excludes halogenated alkanes) is 11. The SMILES string of the molecule is CCCCCCCCCCCCCCNC(=O)CCC(=O)N(CCC#N)CCC#N. The first kappa shape index (κ1) is 27.9. The topological polar surface area (TPSA) is 97.0 Å². The lowest BCUT2D eigenvalue weighted by molar-refractivity contribution is -0.133. The Morgan fingerprint density at radius 3 is 1.67 bits per heavy atom. The fourth-order valence-electron chi connectivity index (χ4n) is 3.39. The zero-order valence-corrected chi connectivity index (χ0v) is 19.1. The van der Waals surface area contributed by atoms with E-state index in [2.05, 4.69) is 12.2 Å². The summed E-state index contributed by atoms with van der Waals surface area (Å²) in [5.41, 5.74) is 0. The van der Waals surface area contributed by atoms with Gasteiger partial charge in [0.1, 0.15) is 0 Å². The number of hydrogen-bond donors (Lipinski definition) is 1.